The highest BCUT2D eigenvalue weighted by atomic mass is 32.1. The SMILES string of the molecule is Cc1cc(C(=O)Nc2nc(-c3ccc4c(c3)COC4)cs2)on1. The molecule has 3 aromatic rings. The molecule has 1 N–H and O–H groups in total. The van der Waals surface area contributed by atoms with Gasteiger partial charge in [0.15, 0.2) is 5.13 Å². The van der Waals surface area contributed by atoms with Crippen molar-refractivity contribution in [2.45, 2.75) is 20.1 Å². The molecule has 0 aliphatic carbocycles. The third-order valence-corrected chi connectivity index (χ3v) is 4.35. The number of nitrogens with zero attached hydrogens (tertiary/aromatic N) is 2. The first kappa shape index (κ1) is 14.1. The summed E-state index contributed by atoms with van der Waals surface area (Å²) in [5, 5.41) is 8.86. The van der Waals surface area contributed by atoms with Crippen molar-refractivity contribution < 1.29 is 14.1 Å². The van der Waals surface area contributed by atoms with Gasteiger partial charge in [0.1, 0.15) is 0 Å². The van der Waals surface area contributed by atoms with Crippen LogP contribution in [0.25, 0.3) is 11.3 Å². The molecule has 0 radical (unpaired) electrons. The lowest BCUT2D eigenvalue weighted by molar-refractivity contribution is 0.0988. The van der Waals surface area contributed by atoms with E-state index in [-0.39, 0.29) is 11.7 Å². The molecule has 1 aliphatic heterocycles. The molecule has 1 aromatic carbocycles. The number of aryl methyl sites for hydroxylation is 1. The number of carbonyl (C=O) groups excluding carboxylic acids is 1. The molecule has 0 atom stereocenters. The fourth-order valence-corrected chi connectivity index (χ4v) is 3.14. The molecule has 0 fully saturated rings. The first-order valence-electron chi connectivity index (χ1n) is 7.09. The minimum absolute atomic E-state index is 0.175. The summed E-state index contributed by atoms with van der Waals surface area (Å²) in [6, 6.07) is 7.76. The Morgan fingerprint density at radius 2 is 2.13 bits per heavy atom. The molecule has 23 heavy (non-hydrogen) atoms. The maximum absolute atomic E-state index is 12.0. The molecule has 3 heterocycles. The van der Waals surface area contributed by atoms with E-state index in [1.54, 1.807) is 13.0 Å². The Labute approximate surface area is 136 Å². The quantitative estimate of drug-likeness (QED) is 0.798. The third-order valence-electron chi connectivity index (χ3n) is 3.59. The van der Waals surface area contributed by atoms with Crippen molar-refractivity contribution in [3.05, 3.63) is 52.2 Å². The van der Waals surface area contributed by atoms with Gasteiger partial charge in [0.2, 0.25) is 5.76 Å². The van der Waals surface area contributed by atoms with Crippen LogP contribution in [0.2, 0.25) is 0 Å². The van der Waals surface area contributed by atoms with Crippen molar-refractivity contribution in [1.29, 1.82) is 0 Å². The average molecular weight is 327 g/mol. The zero-order valence-corrected chi connectivity index (χ0v) is 13.1. The zero-order chi connectivity index (χ0) is 15.8. The molecule has 0 spiro atoms. The van der Waals surface area contributed by atoms with Gasteiger partial charge in [0, 0.05) is 17.0 Å². The Morgan fingerprint density at radius 1 is 1.26 bits per heavy atom. The molecule has 4 rings (SSSR count). The second-order valence-corrected chi connectivity index (χ2v) is 6.16. The first-order chi connectivity index (χ1) is 11.2. The third kappa shape index (κ3) is 2.76. The van der Waals surface area contributed by atoms with Crippen molar-refractivity contribution in [3.8, 4) is 11.3 Å². The number of aromatic nitrogens is 2. The van der Waals surface area contributed by atoms with E-state index < -0.39 is 0 Å². The van der Waals surface area contributed by atoms with Crippen molar-refractivity contribution in [1.82, 2.24) is 10.1 Å². The van der Waals surface area contributed by atoms with E-state index in [9.17, 15) is 4.79 Å². The number of carbonyl (C=O) groups is 1. The molecule has 0 unspecified atom stereocenters. The van der Waals surface area contributed by atoms with Crippen molar-refractivity contribution in [2.75, 3.05) is 5.32 Å². The minimum Gasteiger partial charge on any atom is -0.372 e. The van der Waals surface area contributed by atoms with Gasteiger partial charge in [-0.25, -0.2) is 4.98 Å². The van der Waals surface area contributed by atoms with Crippen LogP contribution in [0.4, 0.5) is 5.13 Å². The zero-order valence-electron chi connectivity index (χ0n) is 12.3. The van der Waals surface area contributed by atoms with E-state index >= 15 is 0 Å². The van der Waals surface area contributed by atoms with Gasteiger partial charge in [-0.15, -0.1) is 11.3 Å². The fraction of sp³-hybridized carbons (Fsp3) is 0.188. The molecular formula is C16H13N3O3S. The summed E-state index contributed by atoms with van der Waals surface area (Å²) in [6.45, 7) is 3.08. The summed E-state index contributed by atoms with van der Waals surface area (Å²) in [7, 11) is 0. The highest BCUT2D eigenvalue weighted by Crippen LogP contribution is 2.29. The molecule has 6 nitrogen and oxygen atoms in total. The highest BCUT2D eigenvalue weighted by molar-refractivity contribution is 7.14. The normalized spacial score (nSPS) is 13.1. The number of ether oxygens (including phenoxy) is 1. The largest absolute Gasteiger partial charge is 0.372 e. The van der Waals surface area contributed by atoms with Gasteiger partial charge in [0.25, 0.3) is 5.91 Å². The summed E-state index contributed by atoms with van der Waals surface area (Å²) < 4.78 is 10.4. The smallest absolute Gasteiger partial charge is 0.296 e. The van der Waals surface area contributed by atoms with E-state index in [0.29, 0.717) is 24.0 Å². The Balaban J connectivity index is 1.54. The molecule has 116 valence electrons. The number of rotatable bonds is 3. The number of amides is 1. The van der Waals surface area contributed by atoms with Crippen LogP contribution in [-0.2, 0) is 18.0 Å². The van der Waals surface area contributed by atoms with Crippen LogP contribution < -0.4 is 5.32 Å². The maximum Gasteiger partial charge on any atom is 0.296 e. The Morgan fingerprint density at radius 3 is 2.96 bits per heavy atom. The molecule has 7 heteroatoms. The number of benzene rings is 1. The second-order valence-electron chi connectivity index (χ2n) is 5.30. The molecule has 2 aromatic heterocycles. The first-order valence-corrected chi connectivity index (χ1v) is 7.97. The van der Waals surface area contributed by atoms with Crippen LogP contribution in [0, 0.1) is 6.92 Å². The predicted molar refractivity (Wildman–Crippen MR) is 85.2 cm³/mol. The number of hydrogen-bond donors (Lipinski definition) is 1. The molecule has 1 amide bonds. The van der Waals surface area contributed by atoms with Gasteiger partial charge in [-0.2, -0.15) is 0 Å². The summed E-state index contributed by atoms with van der Waals surface area (Å²) in [4.78, 5) is 16.5. The molecule has 0 saturated carbocycles. The Bertz CT molecular complexity index is 884. The number of anilines is 1. The minimum atomic E-state index is -0.353. The van der Waals surface area contributed by atoms with Gasteiger partial charge >= 0.3 is 0 Å². The number of thiazole rings is 1. The van der Waals surface area contributed by atoms with Crippen LogP contribution in [0.15, 0.2) is 34.2 Å². The molecular weight excluding hydrogens is 314 g/mol. The monoisotopic (exact) mass is 327 g/mol. The maximum atomic E-state index is 12.0. The average Bonchev–Trinajstić information content (AvgIpc) is 3.26. The van der Waals surface area contributed by atoms with Crippen molar-refractivity contribution in [3.63, 3.8) is 0 Å². The summed E-state index contributed by atoms with van der Waals surface area (Å²) in [5.74, 6) is -0.178. The summed E-state index contributed by atoms with van der Waals surface area (Å²) >= 11 is 1.37. The lowest BCUT2D eigenvalue weighted by atomic mass is 10.1. The molecule has 0 bridgehead atoms. The summed E-state index contributed by atoms with van der Waals surface area (Å²) in [5.41, 5.74) is 4.92. The van der Waals surface area contributed by atoms with Crippen LogP contribution in [0.5, 0.6) is 0 Å². The number of fused-ring (bicyclic) bond motifs is 1. The van der Waals surface area contributed by atoms with Crippen molar-refractivity contribution in [2.24, 2.45) is 0 Å². The van der Waals surface area contributed by atoms with E-state index in [0.717, 1.165) is 11.3 Å². The summed E-state index contributed by atoms with van der Waals surface area (Å²) in [6.07, 6.45) is 0. The lowest BCUT2D eigenvalue weighted by Crippen LogP contribution is -2.10. The van der Waals surface area contributed by atoms with Crippen LogP contribution >= 0.6 is 11.3 Å². The van der Waals surface area contributed by atoms with Gasteiger partial charge in [-0.3, -0.25) is 10.1 Å². The Kier molecular flexibility index (Phi) is 3.44. The number of nitrogens with one attached hydrogen (secondary N) is 1. The van der Waals surface area contributed by atoms with E-state index in [1.165, 1.54) is 22.5 Å². The molecule has 1 aliphatic rings. The van der Waals surface area contributed by atoms with E-state index in [1.807, 2.05) is 11.4 Å². The van der Waals surface area contributed by atoms with Gasteiger partial charge in [0.05, 0.1) is 24.6 Å². The van der Waals surface area contributed by atoms with Crippen LogP contribution in [0.1, 0.15) is 27.4 Å². The van der Waals surface area contributed by atoms with Gasteiger partial charge in [-0.1, -0.05) is 17.3 Å². The van der Waals surface area contributed by atoms with Crippen molar-refractivity contribution >= 4 is 22.4 Å². The fourth-order valence-electron chi connectivity index (χ4n) is 2.42. The van der Waals surface area contributed by atoms with Gasteiger partial charge < -0.3 is 9.26 Å². The van der Waals surface area contributed by atoms with E-state index in [2.05, 4.69) is 27.6 Å². The predicted octanol–water partition coefficient (Wildman–Crippen LogP) is 3.39. The lowest BCUT2D eigenvalue weighted by Gasteiger charge is -2.01. The van der Waals surface area contributed by atoms with E-state index in [4.69, 9.17) is 9.26 Å². The van der Waals surface area contributed by atoms with Gasteiger partial charge in [-0.05, 0) is 24.1 Å². The standard InChI is InChI=1S/C16H13N3O3S/c1-9-4-14(22-19-9)15(20)18-16-17-13(8-23-16)10-2-3-11-6-21-7-12(11)5-10/h2-5,8H,6-7H2,1H3,(H,17,18,20). The van der Waals surface area contributed by atoms with Crippen LogP contribution in [-0.4, -0.2) is 16.0 Å². The number of hydrogen-bond acceptors (Lipinski definition) is 6. The highest BCUT2D eigenvalue weighted by Gasteiger charge is 2.16. The Hall–Kier alpha value is -2.51. The topological polar surface area (TPSA) is 77.2 Å². The second kappa shape index (κ2) is 5.60. The molecule has 0 saturated heterocycles. The van der Waals surface area contributed by atoms with Crippen LogP contribution in [0.3, 0.4) is 0 Å².